The molecule has 1 aliphatic rings. The number of benzene rings is 1. The van der Waals surface area contributed by atoms with Crippen molar-refractivity contribution < 1.29 is 0 Å². The molecule has 3 rings (SSSR count). The van der Waals surface area contributed by atoms with Crippen molar-refractivity contribution in [3.63, 3.8) is 0 Å². The summed E-state index contributed by atoms with van der Waals surface area (Å²) in [6.45, 7) is 4.07. The Kier molecular flexibility index (Phi) is 3.22. The highest BCUT2D eigenvalue weighted by molar-refractivity contribution is 5.47. The smallest absolute Gasteiger partial charge is 0.129 e. The lowest BCUT2D eigenvalue weighted by Crippen LogP contribution is -2.17. The molecule has 0 radical (unpaired) electrons. The van der Waals surface area contributed by atoms with Gasteiger partial charge in [-0.2, -0.15) is 0 Å². The fourth-order valence-electron chi connectivity index (χ4n) is 2.50. The number of nitrogens with zero attached hydrogens (tertiary/aromatic N) is 2. The Morgan fingerprint density at radius 1 is 1.11 bits per heavy atom. The molecular weight excluding hydrogens is 234 g/mol. The summed E-state index contributed by atoms with van der Waals surface area (Å²) >= 11 is 0. The van der Waals surface area contributed by atoms with E-state index in [1.807, 2.05) is 13.2 Å². The summed E-state index contributed by atoms with van der Waals surface area (Å²) in [5.74, 6) is 1.06. The molecular formula is C16H19N3. The first kappa shape index (κ1) is 12.2. The van der Waals surface area contributed by atoms with E-state index < -0.39 is 0 Å². The summed E-state index contributed by atoms with van der Waals surface area (Å²) in [4.78, 5) is 6.92. The molecule has 1 aromatic carbocycles. The number of rotatable bonds is 3. The SMILES string of the molecule is CNC(C)c1ccc(N2Cc3ccccc3C2)nc1. The zero-order valence-electron chi connectivity index (χ0n) is 11.4. The standard InChI is InChI=1S/C16H19N3/c1-12(17-2)13-7-8-16(18-9-13)19-10-14-5-3-4-6-15(14)11-19/h3-9,12,17H,10-11H2,1-2H3. The number of fused-ring (bicyclic) bond motifs is 1. The van der Waals surface area contributed by atoms with Crippen molar-refractivity contribution in [2.24, 2.45) is 0 Å². The second-order valence-corrected chi connectivity index (χ2v) is 5.08. The maximum absolute atomic E-state index is 4.60. The molecule has 1 aromatic heterocycles. The second-order valence-electron chi connectivity index (χ2n) is 5.08. The average molecular weight is 253 g/mol. The van der Waals surface area contributed by atoms with E-state index in [-0.39, 0.29) is 0 Å². The predicted octanol–water partition coefficient (Wildman–Crippen LogP) is 2.88. The molecule has 0 aliphatic carbocycles. The molecule has 0 saturated heterocycles. The Balaban J connectivity index is 1.78. The molecule has 0 saturated carbocycles. The number of anilines is 1. The van der Waals surface area contributed by atoms with Crippen molar-refractivity contribution in [2.75, 3.05) is 11.9 Å². The van der Waals surface area contributed by atoms with Crippen LogP contribution in [0, 0.1) is 0 Å². The minimum atomic E-state index is 0.345. The fraction of sp³-hybridized carbons (Fsp3) is 0.312. The summed E-state index contributed by atoms with van der Waals surface area (Å²) < 4.78 is 0. The van der Waals surface area contributed by atoms with Crippen molar-refractivity contribution in [2.45, 2.75) is 26.1 Å². The summed E-state index contributed by atoms with van der Waals surface area (Å²) in [5.41, 5.74) is 4.05. The number of hydrogen-bond acceptors (Lipinski definition) is 3. The van der Waals surface area contributed by atoms with E-state index in [1.54, 1.807) is 0 Å². The van der Waals surface area contributed by atoms with E-state index in [2.05, 4.69) is 58.5 Å². The molecule has 2 aromatic rings. The highest BCUT2D eigenvalue weighted by Crippen LogP contribution is 2.27. The lowest BCUT2D eigenvalue weighted by atomic mass is 10.1. The molecule has 1 atom stereocenters. The first-order valence-corrected chi connectivity index (χ1v) is 6.73. The van der Waals surface area contributed by atoms with Crippen molar-refractivity contribution in [1.82, 2.24) is 10.3 Å². The Bertz CT molecular complexity index is 537. The molecule has 0 fully saturated rings. The van der Waals surface area contributed by atoms with Crippen LogP contribution in [0.1, 0.15) is 29.7 Å². The van der Waals surface area contributed by atoms with Crippen LogP contribution >= 0.6 is 0 Å². The third kappa shape index (κ3) is 2.34. The minimum Gasteiger partial charge on any atom is -0.348 e. The Morgan fingerprint density at radius 3 is 2.32 bits per heavy atom. The van der Waals surface area contributed by atoms with Gasteiger partial charge in [0, 0.05) is 25.3 Å². The van der Waals surface area contributed by atoms with Gasteiger partial charge >= 0.3 is 0 Å². The van der Waals surface area contributed by atoms with Gasteiger partial charge in [-0.15, -0.1) is 0 Å². The Labute approximate surface area is 114 Å². The zero-order chi connectivity index (χ0) is 13.2. The summed E-state index contributed by atoms with van der Waals surface area (Å²) in [6, 6.07) is 13.2. The molecule has 19 heavy (non-hydrogen) atoms. The molecule has 1 aliphatic heterocycles. The van der Waals surface area contributed by atoms with E-state index in [0.29, 0.717) is 6.04 Å². The van der Waals surface area contributed by atoms with Gasteiger partial charge in [0.15, 0.2) is 0 Å². The van der Waals surface area contributed by atoms with Crippen LogP contribution in [0.25, 0.3) is 0 Å². The molecule has 1 unspecified atom stereocenters. The minimum absolute atomic E-state index is 0.345. The molecule has 0 spiro atoms. The monoisotopic (exact) mass is 253 g/mol. The highest BCUT2D eigenvalue weighted by Gasteiger charge is 2.19. The molecule has 2 heterocycles. The number of nitrogens with one attached hydrogen (secondary N) is 1. The number of hydrogen-bond donors (Lipinski definition) is 1. The topological polar surface area (TPSA) is 28.2 Å². The van der Waals surface area contributed by atoms with Crippen molar-refractivity contribution in [3.05, 3.63) is 59.3 Å². The van der Waals surface area contributed by atoms with Crippen LogP contribution in [0.4, 0.5) is 5.82 Å². The van der Waals surface area contributed by atoms with Crippen molar-refractivity contribution in [1.29, 1.82) is 0 Å². The van der Waals surface area contributed by atoms with Gasteiger partial charge in [-0.05, 0) is 36.7 Å². The Morgan fingerprint density at radius 2 is 1.79 bits per heavy atom. The molecule has 0 bridgehead atoms. The maximum Gasteiger partial charge on any atom is 0.129 e. The van der Waals surface area contributed by atoms with Crippen molar-refractivity contribution in [3.8, 4) is 0 Å². The summed E-state index contributed by atoms with van der Waals surface area (Å²) in [7, 11) is 1.97. The van der Waals surface area contributed by atoms with Gasteiger partial charge in [-0.1, -0.05) is 30.3 Å². The van der Waals surface area contributed by atoms with Crippen LogP contribution in [0.5, 0.6) is 0 Å². The van der Waals surface area contributed by atoms with Gasteiger partial charge in [0.2, 0.25) is 0 Å². The van der Waals surface area contributed by atoms with Crippen LogP contribution in [-0.4, -0.2) is 12.0 Å². The molecule has 3 nitrogen and oxygen atoms in total. The maximum atomic E-state index is 4.60. The van der Waals surface area contributed by atoms with E-state index in [4.69, 9.17) is 0 Å². The van der Waals surface area contributed by atoms with Crippen LogP contribution in [0.15, 0.2) is 42.6 Å². The third-order valence-corrected chi connectivity index (χ3v) is 3.87. The summed E-state index contributed by atoms with van der Waals surface area (Å²) in [6.07, 6.45) is 1.97. The molecule has 98 valence electrons. The lowest BCUT2D eigenvalue weighted by molar-refractivity contribution is 0.649. The van der Waals surface area contributed by atoms with E-state index >= 15 is 0 Å². The van der Waals surface area contributed by atoms with E-state index in [0.717, 1.165) is 18.9 Å². The third-order valence-electron chi connectivity index (χ3n) is 3.87. The first-order valence-electron chi connectivity index (χ1n) is 6.73. The van der Waals surface area contributed by atoms with Crippen LogP contribution in [0.2, 0.25) is 0 Å². The van der Waals surface area contributed by atoms with Gasteiger partial charge in [0.1, 0.15) is 5.82 Å². The number of pyridine rings is 1. The predicted molar refractivity (Wildman–Crippen MR) is 78.0 cm³/mol. The normalized spacial score (nSPS) is 15.4. The lowest BCUT2D eigenvalue weighted by Gasteiger charge is -2.17. The van der Waals surface area contributed by atoms with Gasteiger partial charge in [-0.3, -0.25) is 0 Å². The average Bonchev–Trinajstić information content (AvgIpc) is 2.90. The Hall–Kier alpha value is -1.87. The second kappa shape index (κ2) is 5.02. The molecule has 0 amide bonds. The first-order chi connectivity index (χ1) is 9.28. The largest absolute Gasteiger partial charge is 0.348 e. The van der Waals surface area contributed by atoms with E-state index in [9.17, 15) is 0 Å². The summed E-state index contributed by atoms with van der Waals surface area (Å²) in [5, 5.41) is 3.23. The van der Waals surface area contributed by atoms with Gasteiger partial charge < -0.3 is 10.2 Å². The quantitative estimate of drug-likeness (QED) is 0.911. The van der Waals surface area contributed by atoms with Gasteiger partial charge in [0.05, 0.1) is 0 Å². The molecule has 3 heteroatoms. The fourth-order valence-corrected chi connectivity index (χ4v) is 2.50. The van der Waals surface area contributed by atoms with Crippen LogP contribution < -0.4 is 10.2 Å². The highest BCUT2D eigenvalue weighted by atomic mass is 15.2. The zero-order valence-corrected chi connectivity index (χ0v) is 11.4. The van der Waals surface area contributed by atoms with Crippen LogP contribution in [0.3, 0.4) is 0 Å². The van der Waals surface area contributed by atoms with E-state index in [1.165, 1.54) is 16.7 Å². The van der Waals surface area contributed by atoms with Crippen LogP contribution in [-0.2, 0) is 13.1 Å². The molecule has 1 N–H and O–H groups in total. The number of aromatic nitrogens is 1. The van der Waals surface area contributed by atoms with Gasteiger partial charge in [-0.25, -0.2) is 4.98 Å². The van der Waals surface area contributed by atoms with Gasteiger partial charge in [0.25, 0.3) is 0 Å². The van der Waals surface area contributed by atoms with Crippen molar-refractivity contribution >= 4 is 5.82 Å².